The van der Waals surface area contributed by atoms with E-state index in [1.54, 1.807) is 12.4 Å². The number of carbonyl (C=O) groups is 1. The van der Waals surface area contributed by atoms with Crippen molar-refractivity contribution in [1.29, 1.82) is 0 Å². The number of nitrogens with zero attached hydrogens (tertiary/aromatic N) is 1. The number of alkyl carbamates (subject to hydrolysis) is 1. The maximum atomic E-state index is 11.9. The number of hydrogen-bond acceptors (Lipinski definition) is 4. The molecule has 3 N–H and O–H groups in total. The highest BCUT2D eigenvalue weighted by atomic mass is 16.6. The lowest BCUT2D eigenvalue weighted by Crippen LogP contribution is -2.37. The third kappa shape index (κ3) is 3.92. The van der Waals surface area contributed by atoms with Crippen LogP contribution >= 0.6 is 0 Å². The molecule has 0 bridgehead atoms. The summed E-state index contributed by atoms with van der Waals surface area (Å²) in [6.07, 6.45) is 3.04. The van der Waals surface area contributed by atoms with Gasteiger partial charge in [0.25, 0.3) is 0 Å². The molecule has 0 spiro atoms. The normalized spacial score (nSPS) is 13.0. The summed E-state index contributed by atoms with van der Waals surface area (Å²) in [4.78, 5) is 16.1. The second kappa shape index (κ2) is 6.10. The Balaban J connectivity index is 2.26. The molecule has 0 aliphatic heterocycles. The van der Waals surface area contributed by atoms with Crippen LogP contribution in [-0.4, -0.2) is 23.2 Å². The number of nitrogens with two attached hydrogens (primary N) is 1. The molecule has 21 heavy (non-hydrogen) atoms. The number of aromatic nitrogens is 1. The van der Waals surface area contributed by atoms with Crippen molar-refractivity contribution in [3.8, 4) is 0 Å². The van der Waals surface area contributed by atoms with E-state index in [1.165, 1.54) is 0 Å². The van der Waals surface area contributed by atoms with Crippen LogP contribution in [0, 0.1) is 0 Å². The highest BCUT2D eigenvalue weighted by molar-refractivity contribution is 5.85. The molecule has 112 valence electrons. The predicted octanol–water partition coefficient (Wildman–Crippen LogP) is 2.76. The van der Waals surface area contributed by atoms with Crippen molar-refractivity contribution in [2.45, 2.75) is 32.4 Å². The number of ether oxygens (including phenoxy) is 1. The van der Waals surface area contributed by atoms with Crippen LogP contribution < -0.4 is 11.1 Å². The molecule has 5 nitrogen and oxygen atoms in total. The lowest BCUT2D eigenvalue weighted by atomic mass is 10.0. The van der Waals surface area contributed by atoms with Crippen LogP contribution in [0.1, 0.15) is 32.4 Å². The van der Waals surface area contributed by atoms with Gasteiger partial charge in [-0.2, -0.15) is 0 Å². The Morgan fingerprint density at radius 3 is 2.71 bits per heavy atom. The van der Waals surface area contributed by atoms with Crippen LogP contribution in [0.4, 0.5) is 4.79 Å². The number of carbonyl (C=O) groups excluding carboxylic acids is 1. The average molecular weight is 287 g/mol. The molecule has 1 aromatic carbocycles. The number of rotatable bonds is 3. The van der Waals surface area contributed by atoms with Crippen molar-refractivity contribution in [2.75, 3.05) is 6.54 Å². The first-order valence-corrected chi connectivity index (χ1v) is 6.93. The molecule has 1 aromatic heterocycles. The molecule has 1 atom stereocenters. The maximum Gasteiger partial charge on any atom is 0.408 e. The summed E-state index contributed by atoms with van der Waals surface area (Å²) in [6.45, 7) is 5.74. The summed E-state index contributed by atoms with van der Waals surface area (Å²) in [7, 11) is 0. The monoisotopic (exact) mass is 287 g/mol. The number of pyridine rings is 1. The summed E-state index contributed by atoms with van der Waals surface area (Å²) in [5.41, 5.74) is 6.16. The topological polar surface area (TPSA) is 77.2 Å². The van der Waals surface area contributed by atoms with Gasteiger partial charge in [0.2, 0.25) is 0 Å². The Bertz CT molecular complexity index is 629. The fourth-order valence-electron chi connectivity index (χ4n) is 2.13. The van der Waals surface area contributed by atoms with E-state index in [1.807, 2.05) is 45.0 Å². The van der Waals surface area contributed by atoms with Crippen LogP contribution in [0.25, 0.3) is 10.8 Å². The summed E-state index contributed by atoms with van der Waals surface area (Å²) in [5.74, 6) is 0. The van der Waals surface area contributed by atoms with Gasteiger partial charge in [-0.05, 0) is 26.2 Å². The predicted molar refractivity (Wildman–Crippen MR) is 82.9 cm³/mol. The number of hydrogen-bond donors (Lipinski definition) is 2. The first kappa shape index (κ1) is 15.3. The molecule has 2 rings (SSSR count). The fourth-order valence-corrected chi connectivity index (χ4v) is 2.13. The van der Waals surface area contributed by atoms with Gasteiger partial charge in [-0.3, -0.25) is 4.98 Å². The Kier molecular flexibility index (Phi) is 4.43. The van der Waals surface area contributed by atoms with Crippen molar-refractivity contribution >= 4 is 16.9 Å². The zero-order chi connectivity index (χ0) is 15.5. The van der Waals surface area contributed by atoms with Crippen LogP contribution in [0.2, 0.25) is 0 Å². The third-order valence-corrected chi connectivity index (χ3v) is 3.00. The molecule has 1 heterocycles. The maximum absolute atomic E-state index is 11.9. The Labute approximate surface area is 124 Å². The van der Waals surface area contributed by atoms with Gasteiger partial charge in [0.1, 0.15) is 5.60 Å². The molecule has 0 saturated heterocycles. The second-order valence-electron chi connectivity index (χ2n) is 5.88. The molecule has 5 heteroatoms. The zero-order valence-electron chi connectivity index (χ0n) is 12.6. The molecule has 2 aromatic rings. The molecular weight excluding hydrogens is 266 g/mol. The molecule has 0 aliphatic rings. The molecule has 0 aliphatic carbocycles. The van der Waals surface area contributed by atoms with Gasteiger partial charge in [0.05, 0.1) is 6.04 Å². The van der Waals surface area contributed by atoms with Gasteiger partial charge < -0.3 is 15.8 Å². The first-order chi connectivity index (χ1) is 9.90. The molecule has 0 fully saturated rings. The van der Waals surface area contributed by atoms with E-state index in [4.69, 9.17) is 10.5 Å². The smallest absolute Gasteiger partial charge is 0.408 e. The van der Waals surface area contributed by atoms with Gasteiger partial charge in [0.15, 0.2) is 0 Å². The van der Waals surface area contributed by atoms with Crippen molar-refractivity contribution in [3.63, 3.8) is 0 Å². The van der Waals surface area contributed by atoms with Crippen LogP contribution in [0.3, 0.4) is 0 Å². The number of nitrogens with one attached hydrogen (secondary N) is 1. The van der Waals surface area contributed by atoms with E-state index >= 15 is 0 Å². The second-order valence-corrected chi connectivity index (χ2v) is 5.88. The third-order valence-electron chi connectivity index (χ3n) is 3.00. The van der Waals surface area contributed by atoms with Gasteiger partial charge >= 0.3 is 6.09 Å². The largest absolute Gasteiger partial charge is 0.444 e. The van der Waals surface area contributed by atoms with Gasteiger partial charge in [-0.1, -0.05) is 24.3 Å². The fraction of sp³-hybridized carbons (Fsp3) is 0.375. The standard InChI is InChI=1S/C16H21N3O2/c1-16(2,3)21-15(20)19-14(8-17)13-10-18-9-11-6-4-5-7-12(11)13/h4-7,9-10,14H,8,17H2,1-3H3,(H,19,20). The van der Waals surface area contributed by atoms with Gasteiger partial charge in [0, 0.05) is 29.9 Å². The van der Waals surface area contributed by atoms with E-state index in [-0.39, 0.29) is 12.6 Å². The molecule has 1 unspecified atom stereocenters. The summed E-state index contributed by atoms with van der Waals surface area (Å²) in [6, 6.07) is 7.54. The lowest BCUT2D eigenvalue weighted by molar-refractivity contribution is 0.0505. The molecule has 0 saturated carbocycles. The number of benzene rings is 1. The van der Waals surface area contributed by atoms with Crippen LogP contribution in [-0.2, 0) is 4.74 Å². The highest BCUT2D eigenvalue weighted by Crippen LogP contribution is 2.23. The van der Waals surface area contributed by atoms with Gasteiger partial charge in [-0.25, -0.2) is 4.79 Å². The van der Waals surface area contributed by atoms with Crippen LogP contribution in [0.5, 0.6) is 0 Å². The Morgan fingerprint density at radius 2 is 2.05 bits per heavy atom. The lowest BCUT2D eigenvalue weighted by Gasteiger charge is -2.23. The summed E-state index contributed by atoms with van der Waals surface area (Å²) >= 11 is 0. The van der Waals surface area contributed by atoms with Gasteiger partial charge in [-0.15, -0.1) is 0 Å². The highest BCUT2D eigenvalue weighted by Gasteiger charge is 2.21. The van der Waals surface area contributed by atoms with E-state index in [2.05, 4.69) is 10.3 Å². The zero-order valence-corrected chi connectivity index (χ0v) is 12.6. The van der Waals surface area contributed by atoms with E-state index in [9.17, 15) is 4.79 Å². The number of fused-ring (bicyclic) bond motifs is 1. The molecule has 1 amide bonds. The van der Waals surface area contributed by atoms with Crippen molar-refractivity contribution in [1.82, 2.24) is 10.3 Å². The minimum absolute atomic E-state index is 0.273. The minimum Gasteiger partial charge on any atom is -0.444 e. The van der Waals surface area contributed by atoms with Crippen molar-refractivity contribution in [3.05, 3.63) is 42.2 Å². The summed E-state index contributed by atoms with van der Waals surface area (Å²) < 4.78 is 5.28. The quantitative estimate of drug-likeness (QED) is 0.910. The number of amides is 1. The Hall–Kier alpha value is -2.14. The first-order valence-electron chi connectivity index (χ1n) is 6.93. The minimum atomic E-state index is -0.541. The molecule has 0 radical (unpaired) electrons. The van der Waals surface area contributed by atoms with E-state index in [0.717, 1.165) is 16.3 Å². The van der Waals surface area contributed by atoms with E-state index in [0.29, 0.717) is 0 Å². The summed E-state index contributed by atoms with van der Waals surface area (Å²) in [5, 5.41) is 4.85. The average Bonchev–Trinajstić information content (AvgIpc) is 2.42. The van der Waals surface area contributed by atoms with E-state index < -0.39 is 11.7 Å². The Morgan fingerprint density at radius 1 is 1.33 bits per heavy atom. The van der Waals surface area contributed by atoms with Crippen molar-refractivity contribution < 1.29 is 9.53 Å². The molecular formula is C16H21N3O2. The van der Waals surface area contributed by atoms with Crippen LogP contribution in [0.15, 0.2) is 36.7 Å². The SMILES string of the molecule is CC(C)(C)OC(=O)NC(CN)c1cncc2ccccc12. The van der Waals surface area contributed by atoms with Crippen molar-refractivity contribution in [2.24, 2.45) is 5.73 Å².